The van der Waals surface area contributed by atoms with E-state index in [1.807, 2.05) is 0 Å². The number of unbranched alkanes of at least 4 members (excludes halogenated alkanes) is 3. The van der Waals surface area contributed by atoms with Gasteiger partial charge >= 0.3 is 0 Å². The number of benzene rings is 2. The van der Waals surface area contributed by atoms with Crippen LogP contribution in [0.15, 0.2) is 42.5 Å². The molecule has 30 heavy (non-hydrogen) atoms. The summed E-state index contributed by atoms with van der Waals surface area (Å²) in [5.41, 5.74) is 1.42. The van der Waals surface area contributed by atoms with Crippen LogP contribution in [-0.2, 0) is 0 Å². The number of carbonyl (C=O) groups is 2. The molecule has 6 heteroatoms. The van der Waals surface area contributed by atoms with Crippen molar-refractivity contribution in [2.45, 2.75) is 46.0 Å². The van der Waals surface area contributed by atoms with Crippen LogP contribution in [0, 0.1) is 0 Å². The number of rotatable bonds is 12. The van der Waals surface area contributed by atoms with Gasteiger partial charge in [0, 0.05) is 17.7 Å². The molecular formula is C24H32N2O4. The highest BCUT2D eigenvalue weighted by Gasteiger charge is 2.13. The Morgan fingerprint density at radius 2 is 1.57 bits per heavy atom. The molecule has 2 aromatic rings. The Hall–Kier alpha value is -3.02. The zero-order valence-corrected chi connectivity index (χ0v) is 18.1. The second-order valence-electron chi connectivity index (χ2n) is 7.06. The first-order valence-electron chi connectivity index (χ1n) is 10.6. The van der Waals surface area contributed by atoms with E-state index < -0.39 is 0 Å². The van der Waals surface area contributed by atoms with Gasteiger partial charge in [-0.15, -0.1) is 0 Å². The van der Waals surface area contributed by atoms with Crippen LogP contribution in [0.3, 0.4) is 0 Å². The van der Waals surface area contributed by atoms with Crippen molar-refractivity contribution in [3.63, 3.8) is 0 Å². The zero-order chi connectivity index (χ0) is 21.8. The SMILES string of the molecule is CCCCCOc1ccc(C(=O)Nc2cc(C(=O)NCCCC)ccc2OC)cc1. The Morgan fingerprint density at radius 1 is 0.867 bits per heavy atom. The minimum atomic E-state index is -0.283. The van der Waals surface area contributed by atoms with E-state index >= 15 is 0 Å². The van der Waals surface area contributed by atoms with Crippen molar-refractivity contribution in [2.24, 2.45) is 0 Å². The number of hydrogen-bond donors (Lipinski definition) is 2. The monoisotopic (exact) mass is 412 g/mol. The first-order valence-corrected chi connectivity index (χ1v) is 10.6. The lowest BCUT2D eigenvalue weighted by Gasteiger charge is -2.13. The van der Waals surface area contributed by atoms with Gasteiger partial charge in [0.2, 0.25) is 0 Å². The summed E-state index contributed by atoms with van der Waals surface area (Å²) in [6, 6.07) is 12.0. The van der Waals surface area contributed by atoms with Crippen LogP contribution >= 0.6 is 0 Å². The number of ether oxygens (including phenoxy) is 2. The molecule has 0 saturated heterocycles. The average molecular weight is 413 g/mol. The molecule has 0 spiro atoms. The van der Waals surface area contributed by atoms with Crippen LogP contribution in [-0.4, -0.2) is 32.1 Å². The number of anilines is 1. The summed E-state index contributed by atoms with van der Waals surface area (Å²) in [4.78, 5) is 25.0. The van der Waals surface area contributed by atoms with Crippen LogP contribution < -0.4 is 20.1 Å². The summed E-state index contributed by atoms with van der Waals surface area (Å²) < 4.78 is 11.0. The maximum atomic E-state index is 12.7. The van der Waals surface area contributed by atoms with E-state index in [1.54, 1.807) is 42.5 Å². The number of carbonyl (C=O) groups excluding carboxylic acids is 2. The number of amides is 2. The molecule has 2 aromatic carbocycles. The third kappa shape index (κ3) is 7.10. The Labute approximate surface area is 179 Å². The average Bonchev–Trinajstić information content (AvgIpc) is 2.77. The summed E-state index contributed by atoms with van der Waals surface area (Å²) in [6.45, 7) is 5.51. The smallest absolute Gasteiger partial charge is 0.255 e. The molecule has 0 aliphatic rings. The fourth-order valence-electron chi connectivity index (χ4n) is 2.87. The van der Waals surface area contributed by atoms with Crippen LogP contribution in [0.5, 0.6) is 11.5 Å². The van der Waals surface area contributed by atoms with Crippen molar-refractivity contribution < 1.29 is 19.1 Å². The standard InChI is InChI=1S/C24H32N2O4/c1-4-6-8-16-30-20-12-9-18(10-13-20)24(28)26-21-17-19(11-14-22(21)29-3)23(27)25-15-7-5-2/h9-14,17H,4-8,15-16H2,1-3H3,(H,25,27)(H,26,28). The van der Waals surface area contributed by atoms with Gasteiger partial charge < -0.3 is 20.1 Å². The van der Waals surface area contributed by atoms with Crippen LogP contribution in [0.4, 0.5) is 5.69 Å². The van der Waals surface area contributed by atoms with Crippen molar-refractivity contribution in [2.75, 3.05) is 25.6 Å². The molecule has 6 nitrogen and oxygen atoms in total. The topological polar surface area (TPSA) is 76.7 Å². The molecule has 0 radical (unpaired) electrons. The fraction of sp³-hybridized carbons (Fsp3) is 0.417. The first-order chi connectivity index (χ1) is 14.6. The van der Waals surface area contributed by atoms with Crippen molar-refractivity contribution in [3.8, 4) is 11.5 Å². The van der Waals surface area contributed by atoms with Gasteiger partial charge in [-0.05, 0) is 55.3 Å². The largest absolute Gasteiger partial charge is 0.495 e. The van der Waals surface area contributed by atoms with Gasteiger partial charge in [0.05, 0.1) is 19.4 Å². The molecule has 0 aliphatic heterocycles. The molecule has 0 atom stereocenters. The molecule has 2 amide bonds. The lowest BCUT2D eigenvalue weighted by molar-refractivity contribution is 0.0951. The molecule has 0 aromatic heterocycles. The minimum Gasteiger partial charge on any atom is -0.495 e. The van der Waals surface area contributed by atoms with E-state index in [0.29, 0.717) is 35.7 Å². The van der Waals surface area contributed by atoms with Crippen LogP contribution in [0.1, 0.15) is 66.7 Å². The maximum absolute atomic E-state index is 12.7. The van der Waals surface area contributed by atoms with Gasteiger partial charge in [-0.2, -0.15) is 0 Å². The van der Waals surface area contributed by atoms with E-state index in [4.69, 9.17) is 9.47 Å². The van der Waals surface area contributed by atoms with Gasteiger partial charge in [0.25, 0.3) is 11.8 Å². The zero-order valence-electron chi connectivity index (χ0n) is 18.1. The molecule has 0 aliphatic carbocycles. The minimum absolute atomic E-state index is 0.175. The van der Waals surface area contributed by atoms with Crippen molar-refractivity contribution in [1.82, 2.24) is 5.32 Å². The Morgan fingerprint density at radius 3 is 2.23 bits per heavy atom. The van der Waals surface area contributed by atoms with E-state index in [1.165, 1.54) is 7.11 Å². The predicted octanol–water partition coefficient (Wildman–Crippen LogP) is 5.05. The van der Waals surface area contributed by atoms with E-state index in [0.717, 1.165) is 37.9 Å². The highest BCUT2D eigenvalue weighted by molar-refractivity contribution is 6.06. The van der Waals surface area contributed by atoms with Gasteiger partial charge in [0.15, 0.2) is 0 Å². The lowest BCUT2D eigenvalue weighted by Crippen LogP contribution is -2.24. The third-order valence-corrected chi connectivity index (χ3v) is 4.66. The normalized spacial score (nSPS) is 10.4. The van der Waals surface area contributed by atoms with E-state index in [2.05, 4.69) is 24.5 Å². The predicted molar refractivity (Wildman–Crippen MR) is 120 cm³/mol. The lowest BCUT2D eigenvalue weighted by atomic mass is 10.1. The summed E-state index contributed by atoms with van der Waals surface area (Å²) in [7, 11) is 1.52. The van der Waals surface area contributed by atoms with Crippen molar-refractivity contribution >= 4 is 17.5 Å². The molecule has 2 rings (SSSR count). The molecule has 0 bridgehead atoms. The summed E-state index contributed by atoms with van der Waals surface area (Å²) in [5, 5.41) is 5.71. The highest BCUT2D eigenvalue weighted by atomic mass is 16.5. The number of methoxy groups -OCH3 is 1. The van der Waals surface area contributed by atoms with Crippen LogP contribution in [0.2, 0.25) is 0 Å². The van der Waals surface area contributed by atoms with Crippen LogP contribution in [0.25, 0.3) is 0 Å². The molecule has 0 fully saturated rings. The second-order valence-corrected chi connectivity index (χ2v) is 7.06. The van der Waals surface area contributed by atoms with E-state index in [-0.39, 0.29) is 11.8 Å². The Balaban J connectivity index is 2.04. The first kappa shape index (κ1) is 23.3. The van der Waals surface area contributed by atoms with Gasteiger partial charge in [-0.1, -0.05) is 33.1 Å². The Kier molecular flexibility index (Phi) is 9.71. The molecule has 0 saturated carbocycles. The van der Waals surface area contributed by atoms with Crippen molar-refractivity contribution in [3.05, 3.63) is 53.6 Å². The van der Waals surface area contributed by atoms with Gasteiger partial charge in [-0.3, -0.25) is 9.59 Å². The van der Waals surface area contributed by atoms with Crippen molar-refractivity contribution in [1.29, 1.82) is 0 Å². The summed E-state index contributed by atoms with van der Waals surface area (Å²) >= 11 is 0. The van der Waals surface area contributed by atoms with E-state index in [9.17, 15) is 9.59 Å². The molecule has 0 heterocycles. The highest BCUT2D eigenvalue weighted by Crippen LogP contribution is 2.26. The van der Waals surface area contributed by atoms with Gasteiger partial charge in [-0.25, -0.2) is 0 Å². The molecular weight excluding hydrogens is 380 g/mol. The fourth-order valence-corrected chi connectivity index (χ4v) is 2.87. The number of nitrogens with one attached hydrogen (secondary N) is 2. The number of hydrogen-bond acceptors (Lipinski definition) is 4. The summed E-state index contributed by atoms with van der Waals surface area (Å²) in [6.07, 6.45) is 5.23. The van der Waals surface area contributed by atoms with Gasteiger partial charge in [0.1, 0.15) is 11.5 Å². The quantitative estimate of drug-likeness (QED) is 0.479. The molecule has 0 unspecified atom stereocenters. The summed E-state index contributed by atoms with van der Waals surface area (Å²) in [5.74, 6) is 0.774. The second kappa shape index (κ2) is 12.5. The molecule has 162 valence electrons. The Bertz CT molecular complexity index is 818. The molecule has 2 N–H and O–H groups in total. The third-order valence-electron chi connectivity index (χ3n) is 4.66. The maximum Gasteiger partial charge on any atom is 0.255 e.